The summed E-state index contributed by atoms with van der Waals surface area (Å²) in [6.07, 6.45) is 1.90. The molecule has 0 saturated carbocycles. The molecule has 44 heavy (non-hydrogen) atoms. The summed E-state index contributed by atoms with van der Waals surface area (Å²) in [4.78, 5) is 13.5. The Morgan fingerprint density at radius 3 is 2.23 bits per heavy atom. The highest BCUT2D eigenvalue weighted by Crippen LogP contribution is 2.44. The minimum atomic E-state index is 0.208. The Hall–Kier alpha value is -5.04. The molecule has 0 saturated heterocycles. The van der Waals surface area contributed by atoms with Crippen LogP contribution in [0.5, 0.6) is 0 Å². The third kappa shape index (κ3) is 4.60. The molecule has 1 aliphatic rings. The average molecular weight is 591 g/mol. The van der Waals surface area contributed by atoms with Gasteiger partial charge in [-0.1, -0.05) is 84.6 Å². The van der Waals surface area contributed by atoms with Gasteiger partial charge < -0.3 is 0 Å². The van der Waals surface area contributed by atoms with Gasteiger partial charge in [-0.25, -0.2) is 10.0 Å². The van der Waals surface area contributed by atoms with Crippen LogP contribution in [0.4, 0.5) is 17.1 Å². The minimum absolute atomic E-state index is 0.208. The molecule has 5 nitrogen and oxygen atoms in total. The van der Waals surface area contributed by atoms with Crippen molar-refractivity contribution in [2.75, 3.05) is 10.1 Å². The summed E-state index contributed by atoms with van der Waals surface area (Å²) in [7, 11) is 0. The topological polar surface area (TPSA) is 33.5 Å². The molecule has 0 atom stereocenters. The van der Waals surface area contributed by atoms with E-state index in [4.69, 9.17) is 9.92 Å². The van der Waals surface area contributed by atoms with Crippen molar-refractivity contribution in [3.63, 3.8) is 0 Å². The largest absolute Gasteiger partial charge is 0.294 e. The van der Waals surface area contributed by atoms with Gasteiger partial charge in [0.25, 0.3) is 0 Å². The van der Waals surface area contributed by atoms with E-state index in [9.17, 15) is 0 Å². The predicted octanol–water partition coefficient (Wildman–Crippen LogP) is 10.2. The summed E-state index contributed by atoms with van der Waals surface area (Å²) in [5, 5.41) is 6.31. The predicted molar refractivity (Wildman–Crippen MR) is 182 cm³/mol. The number of pyridine rings is 1. The number of hydrogen-bond acceptors (Lipinski definition) is 5. The maximum absolute atomic E-state index is 6.33. The van der Waals surface area contributed by atoms with E-state index in [2.05, 4.69) is 146 Å². The highest BCUT2D eigenvalue weighted by Gasteiger charge is 2.30. The second-order valence-corrected chi connectivity index (χ2v) is 12.3. The molecular formula is C38H30N4OS. The molecule has 0 unspecified atom stereocenters. The Bertz CT molecular complexity index is 2140. The van der Waals surface area contributed by atoms with Crippen molar-refractivity contribution >= 4 is 50.6 Å². The Morgan fingerprint density at radius 2 is 1.36 bits per heavy atom. The Kier molecular flexibility index (Phi) is 6.59. The molecule has 1 aliphatic heterocycles. The first-order chi connectivity index (χ1) is 21.6. The summed E-state index contributed by atoms with van der Waals surface area (Å²) in [5.41, 5.74) is 7.70. The molecule has 3 heterocycles. The van der Waals surface area contributed by atoms with Gasteiger partial charge in [-0.15, -0.1) is 4.94 Å². The number of rotatable bonds is 6. The fraction of sp³-hybridized carbons (Fsp3) is 0.0789. The van der Waals surface area contributed by atoms with E-state index in [1.165, 1.54) is 16.3 Å². The quantitative estimate of drug-likeness (QED) is 0.192. The number of nitrogens with zero attached hydrogens (tertiary/aromatic N) is 4. The summed E-state index contributed by atoms with van der Waals surface area (Å²) >= 11 is 1.75. The van der Waals surface area contributed by atoms with E-state index >= 15 is 0 Å². The van der Waals surface area contributed by atoms with Crippen molar-refractivity contribution in [3.8, 4) is 16.9 Å². The van der Waals surface area contributed by atoms with Crippen LogP contribution in [0.2, 0.25) is 0 Å². The second kappa shape index (κ2) is 10.9. The van der Waals surface area contributed by atoms with Gasteiger partial charge in [-0.05, 0) is 85.6 Å². The number of anilines is 3. The maximum Gasteiger partial charge on any atom is 0.138 e. The van der Waals surface area contributed by atoms with Crippen LogP contribution in [0.25, 0.3) is 38.8 Å². The number of hydrogen-bond donors (Lipinski definition) is 0. The number of para-hydroxylation sites is 3. The molecule has 8 rings (SSSR count). The lowest BCUT2D eigenvalue weighted by Crippen LogP contribution is -2.30. The Morgan fingerprint density at radius 1 is 0.614 bits per heavy atom. The van der Waals surface area contributed by atoms with Crippen LogP contribution >= 0.6 is 11.8 Å². The fourth-order valence-electron chi connectivity index (χ4n) is 5.98. The number of aromatic nitrogens is 2. The molecule has 0 aliphatic carbocycles. The van der Waals surface area contributed by atoms with E-state index in [1.54, 1.807) is 11.8 Å². The molecule has 6 heteroatoms. The number of fused-ring (bicyclic) bond motifs is 4. The van der Waals surface area contributed by atoms with Crippen molar-refractivity contribution < 1.29 is 4.94 Å². The first-order valence-electron chi connectivity index (χ1n) is 14.8. The first-order valence-corrected chi connectivity index (χ1v) is 15.7. The molecule has 2 aromatic heterocycles. The lowest BCUT2D eigenvalue weighted by atomic mass is 10.1. The van der Waals surface area contributed by atoms with Gasteiger partial charge >= 0.3 is 0 Å². The molecular weight excluding hydrogens is 561 g/mol. The van der Waals surface area contributed by atoms with Gasteiger partial charge in [0.15, 0.2) is 0 Å². The lowest BCUT2D eigenvalue weighted by Gasteiger charge is -2.23. The van der Waals surface area contributed by atoms with Crippen LogP contribution in [0.15, 0.2) is 149 Å². The van der Waals surface area contributed by atoms with Gasteiger partial charge in [-0.3, -0.25) is 4.57 Å². The molecule has 0 N–H and O–H groups in total. The molecule has 0 bridgehead atoms. The maximum atomic E-state index is 6.33. The van der Waals surface area contributed by atoms with E-state index in [0.717, 1.165) is 49.3 Å². The van der Waals surface area contributed by atoms with Crippen LogP contribution in [0, 0.1) is 0 Å². The SMILES string of the molecule is CC(C)N1ON(c2cccc(Sc3ccc4c5ccccc5n(-c5cc(-c6ccccc6)ccn5)c4c3)c2)c2ccccc21. The van der Waals surface area contributed by atoms with Crippen molar-refractivity contribution in [1.82, 2.24) is 9.55 Å². The fourth-order valence-corrected chi connectivity index (χ4v) is 6.88. The zero-order valence-corrected chi connectivity index (χ0v) is 25.3. The minimum Gasteiger partial charge on any atom is -0.294 e. The average Bonchev–Trinajstić information content (AvgIpc) is 3.62. The van der Waals surface area contributed by atoms with Crippen molar-refractivity contribution in [2.45, 2.75) is 29.7 Å². The van der Waals surface area contributed by atoms with Gasteiger partial charge in [0, 0.05) is 26.8 Å². The zero-order chi connectivity index (χ0) is 29.6. The number of benzene rings is 5. The summed E-state index contributed by atoms with van der Waals surface area (Å²) in [6.45, 7) is 4.27. The standard InChI is InChI=1S/C38H30N4OS/c1-26(2)41-35-17-8-9-18-36(35)42(43-41)29-13-10-14-30(24-29)44-31-19-20-33-32-15-6-7-16-34(32)40(37(33)25-31)38-23-28(21-22-39-38)27-11-4-3-5-12-27/h3-26H,1-2H3. The monoisotopic (exact) mass is 590 g/mol. The zero-order valence-electron chi connectivity index (χ0n) is 24.5. The van der Waals surface area contributed by atoms with E-state index in [0.29, 0.717) is 0 Å². The molecule has 214 valence electrons. The van der Waals surface area contributed by atoms with Crippen LogP contribution in [-0.4, -0.2) is 15.6 Å². The molecule has 0 amide bonds. The summed E-state index contributed by atoms with van der Waals surface area (Å²) < 4.78 is 2.28. The lowest BCUT2D eigenvalue weighted by molar-refractivity contribution is 0.112. The number of hydroxylamine groups is 1. The molecule has 0 spiro atoms. The molecule has 7 aromatic rings. The third-order valence-corrected chi connectivity index (χ3v) is 8.97. The molecule has 0 radical (unpaired) electrons. The highest BCUT2D eigenvalue weighted by molar-refractivity contribution is 7.99. The van der Waals surface area contributed by atoms with E-state index < -0.39 is 0 Å². The van der Waals surface area contributed by atoms with Crippen molar-refractivity contribution in [1.29, 1.82) is 0 Å². The van der Waals surface area contributed by atoms with Crippen LogP contribution < -0.4 is 10.1 Å². The van der Waals surface area contributed by atoms with Crippen molar-refractivity contribution in [2.24, 2.45) is 0 Å². The van der Waals surface area contributed by atoms with Crippen LogP contribution in [-0.2, 0) is 4.94 Å². The second-order valence-electron chi connectivity index (χ2n) is 11.2. The molecule has 5 aromatic carbocycles. The van der Waals surface area contributed by atoms with E-state index in [1.807, 2.05) is 22.4 Å². The summed E-state index contributed by atoms with van der Waals surface area (Å²) in [5.74, 6) is 0.904. The van der Waals surface area contributed by atoms with E-state index in [-0.39, 0.29) is 6.04 Å². The first kappa shape index (κ1) is 26.6. The Balaban J connectivity index is 1.18. The normalized spacial score (nSPS) is 12.9. The Labute approximate surface area is 260 Å². The van der Waals surface area contributed by atoms with Crippen LogP contribution in [0.1, 0.15) is 13.8 Å². The third-order valence-electron chi connectivity index (χ3n) is 7.99. The smallest absolute Gasteiger partial charge is 0.138 e. The highest BCUT2D eigenvalue weighted by atomic mass is 32.2. The van der Waals surface area contributed by atoms with Crippen LogP contribution in [0.3, 0.4) is 0 Å². The summed E-state index contributed by atoms with van der Waals surface area (Å²) in [6, 6.07) is 47.1. The van der Waals surface area contributed by atoms with Gasteiger partial charge in [-0.2, -0.15) is 5.06 Å². The van der Waals surface area contributed by atoms with Gasteiger partial charge in [0.1, 0.15) is 5.82 Å². The molecule has 0 fully saturated rings. The van der Waals surface area contributed by atoms with Gasteiger partial charge in [0.2, 0.25) is 0 Å². The van der Waals surface area contributed by atoms with Gasteiger partial charge in [0.05, 0.1) is 34.1 Å². The van der Waals surface area contributed by atoms with Crippen molar-refractivity contribution in [3.05, 3.63) is 140 Å².